The number of rotatable bonds is 9. The minimum absolute atomic E-state index is 0.631. The number of hydrogen-bond donors (Lipinski definition) is 1. The predicted molar refractivity (Wildman–Crippen MR) is 77.6 cm³/mol. The molecule has 0 fully saturated rings. The molecule has 17 heavy (non-hydrogen) atoms. The molecule has 1 aromatic heterocycles. The van der Waals surface area contributed by atoms with Crippen molar-refractivity contribution < 1.29 is 0 Å². The Labute approximate surface area is 110 Å². The lowest BCUT2D eigenvalue weighted by atomic mass is 10.2. The van der Waals surface area contributed by atoms with Gasteiger partial charge in [0.2, 0.25) is 0 Å². The summed E-state index contributed by atoms with van der Waals surface area (Å²) in [6, 6.07) is 4.94. The lowest BCUT2D eigenvalue weighted by Crippen LogP contribution is -2.40. The molecule has 1 rings (SSSR count). The Morgan fingerprint density at radius 2 is 2.24 bits per heavy atom. The van der Waals surface area contributed by atoms with Crippen molar-refractivity contribution in [3.8, 4) is 0 Å². The summed E-state index contributed by atoms with van der Waals surface area (Å²) >= 11 is 1.83. The Morgan fingerprint density at radius 1 is 1.41 bits per heavy atom. The Balaban J connectivity index is 2.19. The Morgan fingerprint density at radius 3 is 2.82 bits per heavy atom. The van der Waals surface area contributed by atoms with Gasteiger partial charge in [-0.05, 0) is 37.9 Å². The zero-order chi connectivity index (χ0) is 12.5. The zero-order valence-corrected chi connectivity index (χ0v) is 12.2. The Kier molecular flexibility index (Phi) is 7.49. The second-order valence-corrected chi connectivity index (χ2v) is 5.57. The molecule has 98 valence electrons. The second-order valence-electron chi connectivity index (χ2n) is 4.54. The normalized spacial score (nSPS) is 13.2. The summed E-state index contributed by atoms with van der Waals surface area (Å²) in [6.07, 6.45) is 2.59. The van der Waals surface area contributed by atoms with Crippen molar-refractivity contribution in [1.82, 2.24) is 10.2 Å². The van der Waals surface area contributed by atoms with Gasteiger partial charge in [-0.2, -0.15) is 0 Å². The minimum atomic E-state index is 0.631. The average molecular weight is 254 g/mol. The highest BCUT2D eigenvalue weighted by molar-refractivity contribution is 7.09. The van der Waals surface area contributed by atoms with Gasteiger partial charge >= 0.3 is 0 Å². The number of hydrogen-bond acceptors (Lipinski definition) is 3. The summed E-state index contributed by atoms with van der Waals surface area (Å²) in [4.78, 5) is 3.99. The van der Waals surface area contributed by atoms with E-state index in [-0.39, 0.29) is 0 Å². The summed E-state index contributed by atoms with van der Waals surface area (Å²) < 4.78 is 0. The van der Waals surface area contributed by atoms with E-state index >= 15 is 0 Å². The van der Waals surface area contributed by atoms with Crippen molar-refractivity contribution in [2.75, 3.05) is 19.6 Å². The van der Waals surface area contributed by atoms with E-state index in [1.165, 1.54) is 24.3 Å². The van der Waals surface area contributed by atoms with Crippen molar-refractivity contribution >= 4 is 11.3 Å². The van der Waals surface area contributed by atoms with E-state index in [9.17, 15) is 0 Å². The van der Waals surface area contributed by atoms with E-state index in [0.29, 0.717) is 6.04 Å². The molecule has 0 aliphatic carbocycles. The van der Waals surface area contributed by atoms with Crippen molar-refractivity contribution in [3.05, 3.63) is 22.4 Å². The molecule has 0 amide bonds. The lowest BCUT2D eigenvalue weighted by Gasteiger charge is -2.27. The van der Waals surface area contributed by atoms with Crippen molar-refractivity contribution in [1.29, 1.82) is 0 Å². The summed E-state index contributed by atoms with van der Waals surface area (Å²) in [5.74, 6) is 0. The molecule has 0 spiro atoms. The lowest BCUT2D eigenvalue weighted by molar-refractivity contribution is 0.211. The first-order valence-electron chi connectivity index (χ1n) is 6.75. The van der Waals surface area contributed by atoms with Gasteiger partial charge in [0.05, 0.1) is 0 Å². The maximum absolute atomic E-state index is 3.55. The van der Waals surface area contributed by atoms with Crippen LogP contribution in [0.3, 0.4) is 0 Å². The van der Waals surface area contributed by atoms with Crippen LogP contribution in [0.5, 0.6) is 0 Å². The van der Waals surface area contributed by atoms with Gasteiger partial charge in [0.1, 0.15) is 0 Å². The number of thiophene rings is 1. The van der Waals surface area contributed by atoms with E-state index in [1.807, 2.05) is 11.3 Å². The third-order valence-electron chi connectivity index (χ3n) is 3.15. The predicted octanol–water partition coefficient (Wildman–Crippen LogP) is 3.35. The third-order valence-corrected chi connectivity index (χ3v) is 4.02. The van der Waals surface area contributed by atoms with Gasteiger partial charge in [0.15, 0.2) is 0 Å². The molecule has 0 aliphatic heterocycles. The van der Waals surface area contributed by atoms with Gasteiger partial charge in [-0.3, -0.25) is 4.90 Å². The Bertz CT molecular complexity index is 272. The summed E-state index contributed by atoms with van der Waals surface area (Å²) in [5.41, 5.74) is 0. The molecule has 1 heterocycles. The molecule has 0 saturated carbocycles. The van der Waals surface area contributed by atoms with Gasteiger partial charge in [-0.25, -0.2) is 0 Å². The van der Waals surface area contributed by atoms with E-state index in [2.05, 4.69) is 48.5 Å². The van der Waals surface area contributed by atoms with Crippen LogP contribution in [0.1, 0.15) is 38.5 Å². The van der Waals surface area contributed by atoms with Gasteiger partial charge in [-0.1, -0.05) is 26.3 Å². The first-order valence-corrected chi connectivity index (χ1v) is 7.63. The molecule has 1 aromatic rings. The van der Waals surface area contributed by atoms with Gasteiger partial charge in [0, 0.05) is 24.0 Å². The fourth-order valence-corrected chi connectivity index (χ4v) is 2.67. The van der Waals surface area contributed by atoms with E-state index in [1.54, 1.807) is 0 Å². The van der Waals surface area contributed by atoms with Crippen LogP contribution in [0.2, 0.25) is 0 Å². The molecule has 2 nitrogen and oxygen atoms in total. The fourth-order valence-electron chi connectivity index (χ4n) is 2.00. The molecular formula is C14H26N2S. The molecule has 1 N–H and O–H groups in total. The second kappa shape index (κ2) is 8.67. The summed E-state index contributed by atoms with van der Waals surface area (Å²) in [7, 11) is 0. The maximum Gasteiger partial charge on any atom is 0.0300 e. The van der Waals surface area contributed by atoms with E-state index in [4.69, 9.17) is 0 Å². The monoisotopic (exact) mass is 254 g/mol. The first-order chi connectivity index (χ1) is 8.27. The van der Waals surface area contributed by atoms with Crippen LogP contribution in [-0.2, 0) is 6.54 Å². The van der Waals surface area contributed by atoms with Crippen LogP contribution in [-0.4, -0.2) is 30.6 Å². The van der Waals surface area contributed by atoms with Crippen LogP contribution in [0.15, 0.2) is 17.5 Å². The quantitative estimate of drug-likeness (QED) is 0.727. The van der Waals surface area contributed by atoms with Crippen LogP contribution < -0.4 is 5.32 Å². The topological polar surface area (TPSA) is 15.3 Å². The van der Waals surface area contributed by atoms with Crippen molar-refractivity contribution in [3.63, 3.8) is 0 Å². The van der Waals surface area contributed by atoms with E-state index in [0.717, 1.165) is 19.6 Å². The summed E-state index contributed by atoms with van der Waals surface area (Å²) in [6.45, 7) is 11.3. The molecule has 0 aliphatic rings. The highest BCUT2D eigenvalue weighted by Gasteiger charge is 2.10. The third kappa shape index (κ3) is 5.66. The smallest absolute Gasteiger partial charge is 0.0300 e. The van der Waals surface area contributed by atoms with Gasteiger partial charge in [0.25, 0.3) is 0 Å². The van der Waals surface area contributed by atoms with Crippen LogP contribution in [0, 0.1) is 0 Å². The highest BCUT2D eigenvalue weighted by Crippen LogP contribution is 2.08. The number of unbranched alkanes of at least 4 members (excludes halogenated alkanes) is 1. The van der Waals surface area contributed by atoms with Crippen molar-refractivity contribution in [2.24, 2.45) is 0 Å². The van der Waals surface area contributed by atoms with Crippen LogP contribution >= 0.6 is 11.3 Å². The maximum atomic E-state index is 3.55. The molecule has 0 radical (unpaired) electrons. The van der Waals surface area contributed by atoms with E-state index < -0.39 is 0 Å². The molecule has 0 bridgehead atoms. The van der Waals surface area contributed by atoms with Crippen LogP contribution in [0.4, 0.5) is 0 Å². The number of nitrogens with zero attached hydrogens (tertiary/aromatic N) is 1. The molecule has 0 aromatic carbocycles. The average Bonchev–Trinajstić information content (AvgIpc) is 2.83. The summed E-state index contributed by atoms with van der Waals surface area (Å²) in [5, 5.41) is 5.69. The number of likely N-dealkylation sites (N-methyl/N-ethyl adjacent to an activating group) is 1. The number of nitrogens with one attached hydrogen (secondary N) is 1. The van der Waals surface area contributed by atoms with Gasteiger partial charge in [-0.15, -0.1) is 11.3 Å². The molecule has 0 saturated heterocycles. The molecule has 3 heteroatoms. The first kappa shape index (κ1) is 14.7. The SMILES string of the molecule is CCCCN(CC)C(C)CNCc1cccs1. The van der Waals surface area contributed by atoms with Gasteiger partial charge < -0.3 is 5.32 Å². The molecule has 1 atom stereocenters. The Hall–Kier alpha value is -0.380. The standard InChI is InChI=1S/C14H26N2S/c1-4-6-9-16(5-2)13(3)11-15-12-14-8-7-10-17-14/h7-8,10,13,15H,4-6,9,11-12H2,1-3H3. The minimum Gasteiger partial charge on any atom is -0.310 e. The van der Waals surface area contributed by atoms with Crippen LogP contribution in [0.25, 0.3) is 0 Å². The van der Waals surface area contributed by atoms with Crippen molar-refractivity contribution in [2.45, 2.75) is 46.2 Å². The molecular weight excluding hydrogens is 228 g/mol. The fraction of sp³-hybridized carbons (Fsp3) is 0.714. The zero-order valence-electron chi connectivity index (χ0n) is 11.4. The molecule has 1 unspecified atom stereocenters. The highest BCUT2D eigenvalue weighted by atomic mass is 32.1. The largest absolute Gasteiger partial charge is 0.310 e.